The Balaban J connectivity index is 0.000000228. The minimum atomic E-state index is -2.53. The summed E-state index contributed by atoms with van der Waals surface area (Å²) < 4.78 is 65.0. The maximum Gasteiger partial charge on any atom is 0.248 e. The maximum atomic E-state index is 14.1. The highest BCUT2D eigenvalue weighted by molar-refractivity contribution is 5.92. The molecular weight excluding hydrogens is 451 g/mol. The predicted molar refractivity (Wildman–Crippen MR) is 123 cm³/mol. The summed E-state index contributed by atoms with van der Waals surface area (Å²) >= 11 is 0. The third kappa shape index (κ3) is 5.77. The molecule has 2 aliphatic carbocycles. The third-order valence-corrected chi connectivity index (χ3v) is 6.18. The smallest absolute Gasteiger partial charge is 0.248 e. The van der Waals surface area contributed by atoms with E-state index >= 15 is 0 Å². The first-order valence-electron chi connectivity index (χ1n) is 11.6. The van der Waals surface area contributed by atoms with E-state index in [1.54, 1.807) is 12.1 Å². The van der Waals surface area contributed by atoms with Gasteiger partial charge in [-0.05, 0) is 66.1 Å². The number of carbonyl (C=O) groups excluding carboxylic acids is 1. The number of halogens is 5. The molecular formula is C26H29F5N2O. The lowest BCUT2D eigenvalue weighted by Crippen LogP contribution is -2.37. The summed E-state index contributed by atoms with van der Waals surface area (Å²) in [5, 5.41) is 0.599. The molecule has 3 N–H and O–H groups in total. The van der Waals surface area contributed by atoms with Crippen LogP contribution in [0, 0.1) is 23.4 Å². The topological polar surface area (TPSA) is 58.9 Å². The van der Waals surface area contributed by atoms with Gasteiger partial charge in [0.2, 0.25) is 11.8 Å². The van der Waals surface area contributed by atoms with E-state index in [0.29, 0.717) is 16.8 Å². The molecule has 5 rings (SSSR count). The number of aromatic nitrogens is 1. The second-order valence-electron chi connectivity index (χ2n) is 8.66. The van der Waals surface area contributed by atoms with Gasteiger partial charge in [0.1, 0.15) is 17.5 Å². The number of rotatable bonds is 4. The fourth-order valence-corrected chi connectivity index (χ4v) is 4.42. The van der Waals surface area contributed by atoms with Crippen LogP contribution in [-0.4, -0.2) is 16.8 Å². The van der Waals surface area contributed by atoms with Crippen molar-refractivity contribution in [1.82, 2.24) is 4.98 Å². The molecule has 0 bridgehead atoms. The third-order valence-electron chi connectivity index (χ3n) is 6.18. The molecule has 1 heterocycles. The van der Waals surface area contributed by atoms with Gasteiger partial charge in [-0.15, -0.1) is 0 Å². The molecule has 1 aromatic heterocycles. The van der Waals surface area contributed by atoms with Crippen LogP contribution in [0.2, 0.25) is 0 Å². The largest absolute Gasteiger partial charge is 0.370 e. The van der Waals surface area contributed by atoms with Crippen LogP contribution >= 0.6 is 0 Å². The summed E-state index contributed by atoms with van der Waals surface area (Å²) in [5.74, 6) is -4.37. The number of nitrogens with two attached hydrogens (primary N) is 1. The van der Waals surface area contributed by atoms with Gasteiger partial charge in [-0.1, -0.05) is 20.3 Å². The van der Waals surface area contributed by atoms with Crippen LogP contribution < -0.4 is 5.73 Å². The Morgan fingerprint density at radius 2 is 1.65 bits per heavy atom. The fourth-order valence-electron chi connectivity index (χ4n) is 4.42. The quantitative estimate of drug-likeness (QED) is 0.374. The highest BCUT2D eigenvalue weighted by Gasteiger charge is 2.45. The normalized spacial score (nSPS) is 17.0. The number of primary amides is 1. The molecule has 3 nitrogen and oxygen atoms in total. The van der Waals surface area contributed by atoms with Gasteiger partial charge >= 0.3 is 0 Å². The average Bonchev–Trinajstić information content (AvgIpc) is 3.07. The summed E-state index contributed by atoms with van der Waals surface area (Å²) in [4.78, 5) is 13.3. The second-order valence-corrected chi connectivity index (χ2v) is 8.66. The van der Waals surface area contributed by atoms with E-state index in [9.17, 15) is 26.7 Å². The molecule has 184 valence electrons. The number of alkyl halides is 2. The molecule has 34 heavy (non-hydrogen) atoms. The number of nitrogens with one attached hydrogen (secondary N) is 1. The Kier molecular flexibility index (Phi) is 8.00. The van der Waals surface area contributed by atoms with Gasteiger partial charge in [0.05, 0.1) is 11.2 Å². The van der Waals surface area contributed by atoms with Crippen LogP contribution in [0.3, 0.4) is 0 Å². The number of amides is 1. The van der Waals surface area contributed by atoms with Crippen LogP contribution in [0.25, 0.3) is 22.2 Å². The van der Waals surface area contributed by atoms with Gasteiger partial charge in [-0.25, -0.2) is 22.0 Å². The minimum Gasteiger partial charge on any atom is -0.370 e. The standard InChI is InChI=1S/C18H14F3N.C6H9F2NO.C2H6/c19-12-6-4-11(5-7-12)17-16(10-2-1-3-10)14-8-13(20)9-15(21)18(14)22-17;7-6(8)2-4(3-6)1-5(9)10;1-2/h4-10,22H,1-3H2;4H,1-3H2,(H2,9,10);1-2H3. The van der Waals surface area contributed by atoms with Crippen molar-refractivity contribution in [2.24, 2.45) is 11.7 Å². The summed E-state index contributed by atoms with van der Waals surface area (Å²) in [6.45, 7) is 4.00. The zero-order chi connectivity index (χ0) is 25.0. The second kappa shape index (κ2) is 10.6. The van der Waals surface area contributed by atoms with Gasteiger partial charge < -0.3 is 10.7 Å². The first kappa shape index (κ1) is 25.7. The van der Waals surface area contributed by atoms with Gasteiger partial charge in [0.25, 0.3) is 0 Å². The van der Waals surface area contributed by atoms with Crippen LogP contribution in [0.4, 0.5) is 22.0 Å². The van der Waals surface area contributed by atoms with E-state index < -0.39 is 23.5 Å². The van der Waals surface area contributed by atoms with E-state index in [1.165, 1.54) is 18.2 Å². The number of H-pyrrole nitrogens is 1. The SMILES string of the molecule is CC.Fc1ccc(-c2[nH]c3c(F)cc(F)cc3c2C2CCC2)cc1.NC(=O)CC1CC(F)(F)C1. The summed E-state index contributed by atoms with van der Waals surface area (Å²) in [6, 6.07) is 8.35. The van der Waals surface area contributed by atoms with E-state index in [1.807, 2.05) is 13.8 Å². The highest BCUT2D eigenvalue weighted by atomic mass is 19.3. The molecule has 8 heteroatoms. The van der Waals surface area contributed by atoms with Crippen LogP contribution in [0.15, 0.2) is 36.4 Å². The van der Waals surface area contributed by atoms with E-state index in [2.05, 4.69) is 4.98 Å². The molecule has 2 fully saturated rings. The van der Waals surface area contributed by atoms with Gasteiger partial charge in [0, 0.05) is 30.7 Å². The molecule has 2 saturated carbocycles. The molecule has 1 amide bonds. The van der Waals surface area contributed by atoms with Gasteiger partial charge in [-0.2, -0.15) is 0 Å². The Labute approximate surface area is 195 Å². The minimum absolute atomic E-state index is 0.107. The van der Waals surface area contributed by atoms with Crippen molar-refractivity contribution in [3.8, 4) is 11.3 Å². The first-order chi connectivity index (χ1) is 16.1. The fraction of sp³-hybridized carbons (Fsp3) is 0.423. The highest BCUT2D eigenvalue weighted by Crippen LogP contribution is 2.45. The lowest BCUT2D eigenvalue weighted by molar-refractivity contribution is -0.131. The molecule has 0 aliphatic heterocycles. The first-order valence-corrected chi connectivity index (χ1v) is 11.6. The Hall–Kier alpha value is -2.90. The van der Waals surface area contributed by atoms with Crippen molar-refractivity contribution >= 4 is 16.8 Å². The summed E-state index contributed by atoms with van der Waals surface area (Å²) in [6.07, 6.45) is 2.91. The lowest BCUT2D eigenvalue weighted by Gasteiger charge is -2.33. The number of hydrogen-bond acceptors (Lipinski definition) is 1. The number of aromatic amines is 1. The summed E-state index contributed by atoms with van der Waals surface area (Å²) in [7, 11) is 0. The monoisotopic (exact) mass is 480 g/mol. The molecule has 3 aromatic rings. The van der Waals surface area contributed by atoms with E-state index in [-0.39, 0.29) is 31.0 Å². The van der Waals surface area contributed by atoms with Crippen molar-refractivity contribution in [2.45, 2.75) is 64.2 Å². The zero-order valence-corrected chi connectivity index (χ0v) is 19.2. The van der Waals surface area contributed by atoms with Gasteiger partial charge in [0.15, 0.2) is 0 Å². The molecule has 2 aromatic carbocycles. The van der Waals surface area contributed by atoms with Crippen molar-refractivity contribution in [2.75, 3.05) is 0 Å². The number of carbonyl (C=O) groups is 1. The molecule has 0 atom stereocenters. The van der Waals surface area contributed by atoms with Crippen molar-refractivity contribution in [3.63, 3.8) is 0 Å². The van der Waals surface area contributed by atoms with Crippen LogP contribution in [-0.2, 0) is 4.79 Å². The lowest BCUT2D eigenvalue weighted by atomic mass is 9.78. The molecule has 0 unspecified atom stereocenters. The molecule has 2 aliphatic rings. The number of hydrogen-bond donors (Lipinski definition) is 2. The maximum absolute atomic E-state index is 14.1. The van der Waals surface area contributed by atoms with E-state index in [4.69, 9.17) is 5.73 Å². The van der Waals surface area contributed by atoms with Crippen LogP contribution in [0.5, 0.6) is 0 Å². The average molecular weight is 481 g/mol. The van der Waals surface area contributed by atoms with Gasteiger partial charge in [-0.3, -0.25) is 4.79 Å². The van der Waals surface area contributed by atoms with Crippen LogP contribution in [0.1, 0.15) is 63.9 Å². The number of fused-ring (bicyclic) bond motifs is 1. The molecule has 0 saturated heterocycles. The predicted octanol–water partition coefficient (Wildman–Crippen LogP) is 7.45. The number of benzene rings is 2. The summed E-state index contributed by atoms with van der Waals surface area (Å²) in [5.41, 5.74) is 7.64. The van der Waals surface area contributed by atoms with Crippen molar-refractivity contribution in [3.05, 3.63) is 59.4 Å². The molecule has 0 spiro atoms. The Morgan fingerprint density at radius 1 is 1.03 bits per heavy atom. The molecule has 0 radical (unpaired) electrons. The zero-order valence-electron chi connectivity index (χ0n) is 19.2. The van der Waals surface area contributed by atoms with Crippen molar-refractivity contribution in [1.29, 1.82) is 0 Å². The Bertz CT molecular complexity index is 1130. The van der Waals surface area contributed by atoms with Crippen molar-refractivity contribution < 1.29 is 26.7 Å². The Morgan fingerprint density at radius 3 is 2.15 bits per heavy atom. The van der Waals surface area contributed by atoms with E-state index in [0.717, 1.165) is 42.1 Å².